The Bertz CT molecular complexity index is 575. The van der Waals surface area contributed by atoms with E-state index >= 15 is 0 Å². The van der Waals surface area contributed by atoms with E-state index in [4.69, 9.17) is 28.3 Å². The van der Waals surface area contributed by atoms with E-state index in [1.165, 1.54) is 6.07 Å². The van der Waals surface area contributed by atoms with E-state index in [1.54, 1.807) is 22.9 Å². The summed E-state index contributed by atoms with van der Waals surface area (Å²) in [5, 5.41) is 10.2. The number of benzene rings is 1. The summed E-state index contributed by atoms with van der Waals surface area (Å²) < 4.78 is 1.63. The molecule has 5 heteroatoms. The molecular weight excluding hydrogens is 273 g/mol. The zero-order chi connectivity index (χ0) is 13.3. The largest absolute Gasteiger partial charge is 0.477 e. The van der Waals surface area contributed by atoms with Gasteiger partial charge in [-0.3, -0.25) is 0 Å². The quantitative estimate of drug-likeness (QED) is 0.921. The van der Waals surface area contributed by atoms with Crippen LogP contribution in [0.25, 0.3) is 0 Å². The van der Waals surface area contributed by atoms with Gasteiger partial charge in [-0.2, -0.15) is 0 Å². The standard InChI is InChI=1S/C13H11Cl2NO2/c1-8(9-2-4-10(14)5-3-9)16-7-11(15)6-12(16)13(17)18/h2-8H,1H3,(H,17,18). The second-order valence-corrected chi connectivity index (χ2v) is 4.86. The van der Waals surface area contributed by atoms with E-state index in [-0.39, 0.29) is 11.7 Å². The van der Waals surface area contributed by atoms with E-state index in [1.807, 2.05) is 19.1 Å². The van der Waals surface area contributed by atoms with Crippen molar-refractivity contribution in [3.8, 4) is 0 Å². The zero-order valence-electron chi connectivity index (χ0n) is 9.60. The van der Waals surface area contributed by atoms with Gasteiger partial charge in [0.05, 0.1) is 11.1 Å². The highest BCUT2D eigenvalue weighted by molar-refractivity contribution is 6.31. The van der Waals surface area contributed by atoms with Crippen LogP contribution in [-0.4, -0.2) is 15.6 Å². The van der Waals surface area contributed by atoms with Crippen LogP contribution in [0.2, 0.25) is 10.0 Å². The van der Waals surface area contributed by atoms with E-state index in [0.717, 1.165) is 5.56 Å². The molecule has 0 saturated carbocycles. The summed E-state index contributed by atoms with van der Waals surface area (Å²) in [4.78, 5) is 11.1. The lowest BCUT2D eigenvalue weighted by Crippen LogP contribution is -2.12. The molecule has 1 atom stereocenters. The van der Waals surface area contributed by atoms with Crippen LogP contribution >= 0.6 is 23.2 Å². The highest BCUT2D eigenvalue weighted by Crippen LogP contribution is 2.25. The molecule has 1 unspecified atom stereocenters. The average molecular weight is 284 g/mol. The number of hydrogen-bond donors (Lipinski definition) is 1. The van der Waals surface area contributed by atoms with Gasteiger partial charge >= 0.3 is 5.97 Å². The lowest BCUT2D eigenvalue weighted by molar-refractivity contribution is 0.0684. The SMILES string of the molecule is CC(c1ccc(Cl)cc1)n1cc(Cl)cc1C(=O)O. The predicted octanol–water partition coefficient (Wildman–Crippen LogP) is 4.10. The topological polar surface area (TPSA) is 42.2 Å². The molecule has 0 bridgehead atoms. The number of halogens is 2. The van der Waals surface area contributed by atoms with E-state index < -0.39 is 5.97 Å². The first-order chi connectivity index (χ1) is 8.49. The van der Waals surface area contributed by atoms with Crippen molar-refractivity contribution in [3.05, 3.63) is 57.8 Å². The molecule has 1 heterocycles. The molecule has 1 aromatic carbocycles. The summed E-state index contributed by atoms with van der Waals surface area (Å²) in [6.07, 6.45) is 1.62. The Labute approximate surface area is 115 Å². The Hall–Kier alpha value is -1.45. The molecule has 0 aliphatic heterocycles. The van der Waals surface area contributed by atoms with Gasteiger partial charge < -0.3 is 9.67 Å². The van der Waals surface area contributed by atoms with Crippen LogP contribution in [0.4, 0.5) is 0 Å². The summed E-state index contributed by atoms with van der Waals surface area (Å²) in [6.45, 7) is 1.91. The second-order valence-electron chi connectivity index (χ2n) is 3.98. The minimum atomic E-state index is -0.997. The fraction of sp³-hybridized carbons (Fsp3) is 0.154. The highest BCUT2D eigenvalue weighted by atomic mass is 35.5. The number of carboxylic acids is 1. The van der Waals surface area contributed by atoms with Crippen molar-refractivity contribution in [2.75, 3.05) is 0 Å². The first-order valence-electron chi connectivity index (χ1n) is 5.35. The van der Waals surface area contributed by atoms with Gasteiger partial charge in [-0.15, -0.1) is 0 Å². The molecule has 1 aromatic heterocycles. The molecule has 0 spiro atoms. The number of aromatic nitrogens is 1. The molecule has 2 rings (SSSR count). The van der Waals surface area contributed by atoms with Crippen LogP contribution in [0.3, 0.4) is 0 Å². The number of nitrogens with zero attached hydrogens (tertiary/aromatic N) is 1. The van der Waals surface area contributed by atoms with E-state index in [0.29, 0.717) is 10.0 Å². The molecular formula is C13H11Cl2NO2. The first-order valence-corrected chi connectivity index (χ1v) is 6.11. The van der Waals surface area contributed by atoms with Crippen LogP contribution in [-0.2, 0) is 0 Å². The molecule has 0 fully saturated rings. The van der Waals surface area contributed by atoms with E-state index in [9.17, 15) is 4.79 Å². The first kappa shape index (κ1) is 13.0. The normalized spacial score (nSPS) is 12.4. The van der Waals surface area contributed by atoms with Crippen LogP contribution in [0.15, 0.2) is 36.5 Å². The molecule has 18 heavy (non-hydrogen) atoms. The Morgan fingerprint density at radius 2 is 1.83 bits per heavy atom. The third-order valence-electron chi connectivity index (χ3n) is 2.80. The summed E-state index contributed by atoms with van der Waals surface area (Å²) in [5.74, 6) is -0.997. The molecule has 2 aromatic rings. The van der Waals surface area contributed by atoms with Crippen LogP contribution < -0.4 is 0 Å². The maximum atomic E-state index is 11.1. The van der Waals surface area contributed by atoms with Crippen LogP contribution in [0, 0.1) is 0 Å². The smallest absolute Gasteiger partial charge is 0.352 e. The molecule has 0 saturated heterocycles. The van der Waals surface area contributed by atoms with Gasteiger partial charge in [-0.1, -0.05) is 35.3 Å². The Morgan fingerprint density at radius 3 is 2.39 bits per heavy atom. The molecule has 0 amide bonds. The maximum absolute atomic E-state index is 11.1. The van der Waals surface area contributed by atoms with Crippen molar-refractivity contribution in [2.24, 2.45) is 0 Å². The molecule has 0 aliphatic rings. The summed E-state index contributed by atoms with van der Waals surface area (Å²) >= 11 is 11.7. The minimum Gasteiger partial charge on any atom is -0.477 e. The van der Waals surface area contributed by atoms with Gasteiger partial charge in [0, 0.05) is 11.2 Å². The summed E-state index contributed by atoms with van der Waals surface area (Å²) in [6, 6.07) is 8.61. The third kappa shape index (κ3) is 2.52. The monoisotopic (exact) mass is 283 g/mol. The van der Waals surface area contributed by atoms with Crippen molar-refractivity contribution in [2.45, 2.75) is 13.0 Å². The number of carbonyl (C=O) groups is 1. The van der Waals surface area contributed by atoms with Gasteiger partial charge in [0.25, 0.3) is 0 Å². The molecule has 1 N–H and O–H groups in total. The number of carboxylic acid groups (broad SMARTS) is 1. The summed E-state index contributed by atoms with van der Waals surface area (Å²) in [5.41, 5.74) is 1.14. The van der Waals surface area contributed by atoms with Gasteiger partial charge in [-0.05, 0) is 30.7 Å². The Balaban J connectivity index is 2.42. The molecule has 0 radical (unpaired) electrons. The van der Waals surface area contributed by atoms with Crippen molar-refractivity contribution < 1.29 is 9.90 Å². The maximum Gasteiger partial charge on any atom is 0.352 e. The lowest BCUT2D eigenvalue weighted by Gasteiger charge is -2.16. The number of aromatic carboxylic acids is 1. The lowest BCUT2D eigenvalue weighted by atomic mass is 10.1. The Morgan fingerprint density at radius 1 is 1.22 bits per heavy atom. The van der Waals surface area contributed by atoms with E-state index in [2.05, 4.69) is 0 Å². The number of hydrogen-bond acceptors (Lipinski definition) is 1. The minimum absolute atomic E-state index is 0.124. The van der Waals surface area contributed by atoms with Gasteiger partial charge in [0.15, 0.2) is 0 Å². The Kier molecular flexibility index (Phi) is 3.64. The van der Waals surface area contributed by atoms with Crippen molar-refractivity contribution in [1.82, 2.24) is 4.57 Å². The van der Waals surface area contributed by atoms with Crippen molar-refractivity contribution in [3.63, 3.8) is 0 Å². The van der Waals surface area contributed by atoms with Gasteiger partial charge in [-0.25, -0.2) is 4.79 Å². The molecule has 3 nitrogen and oxygen atoms in total. The fourth-order valence-electron chi connectivity index (χ4n) is 1.84. The molecule has 0 aliphatic carbocycles. The second kappa shape index (κ2) is 5.04. The van der Waals surface area contributed by atoms with Crippen LogP contribution in [0.1, 0.15) is 29.0 Å². The summed E-state index contributed by atoms with van der Waals surface area (Å²) in [7, 11) is 0. The zero-order valence-corrected chi connectivity index (χ0v) is 11.1. The van der Waals surface area contributed by atoms with Crippen molar-refractivity contribution >= 4 is 29.2 Å². The molecule has 94 valence electrons. The number of rotatable bonds is 3. The third-order valence-corrected chi connectivity index (χ3v) is 3.26. The van der Waals surface area contributed by atoms with Gasteiger partial charge in [0.2, 0.25) is 0 Å². The predicted molar refractivity (Wildman–Crippen MR) is 71.7 cm³/mol. The van der Waals surface area contributed by atoms with Gasteiger partial charge in [0.1, 0.15) is 5.69 Å². The fourth-order valence-corrected chi connectivity index (χ4v) is 2.17. The highest BCUT2D eigenvalue weighted by Gasteiger charge is 2.17. The van der Waals surface area contributed by atoms with Crippen molar-refractivity contribution in [1.29, 1.82) is 0 Å². The van der Waals surface area contributed by atoms with Crippen LogP contribution in [0.5, 0.6) is 0 Å². The average Bonchev–Trinajstić information content (AvgIpc) is 2.71.